The third kappa shape index (κ3) is 5.58. The van der Waals surface area contributed by atoms with E-state index >= 15 is 0 Å². The molecule has 0 rings (SSSR count). The lowest BCUT2D eigenvalue weighted by atomic mass is 9.98. The van der Waals surface area contributed by atoms with Gasteiger partial charge in [0.15, 0.2) is 0 Å². The van der Waals surface area contributed by atoms with Crippen LogP contribution >= 0.6 is 0 Å². The summed E-state index contributed by atoms with van der Waals surface area (Å²) in [6.45, 7) is 9.98. The fourth-order valence-corrected chi connectivity index (χ4v) is 1.25. The van der Waals surface area contributed by atoms with Crippen molar-refractivity contribution in [3.63, 3.8) is 0 Å². The third-order valence-electron chi connectivity index (χ3n) is 2.98. The van der Waals surface area contributed by atoms with Crippen LogP contribution in [0.25, 0.3) is 0 Å². The van der Waals surface area contributed by atoms with Crippen molar-refractivity contribution in [2.45, 2.75) is 39.2 Å². The quantitative estimate of drug-likeness (QED) is 0.578. The summed E-state index contributed by atoms with van der Waals surface area (Å²) in [6, 6.07) is 0. The van der Waals surface area contributed by atoms with E-state index in [1.807, 2.05) is 13.8 Å². The maximum absolute atomic E-state index is 9.98. The molecule has 0 saturated heterocycles. The van der Waals surface area contributed by atoms with E-state index in [2.05, 4.69) is 24.2 Å². The molecule has 0 atom stereocenters. The summed E-state index contributed by atoms with van der Waals surface area (Å²) in [6.07, 6.45) is 1.64. The Kier molecular flexibility index (Phi) is 7.15. The molecule has 0 saturated carbocycles. The molecule has 0 bridgehead atoms. The monoisotopic (exact) mass is 202 g/mol. The first-order valence-electron chi connectivity index (χ1n) is 5.69. The molecule has 0 aliphatic heterocycles. The molecule has 0 heterocycles. The van der Waals surface area contributed by atoms with Crippen molar-refractivity contribution in [1.82, 2.24) is 10.2 Å². The number of aliphatic hydroxyl groups is 1. The zero-order valence-electron chi connectivity index (χ0n) is 10.1. The van der Waals surface area contributed by atoms with Gasteiger partial charge in [0.25, 0.3) is 0 Å². The Morgan fingerprint density at radius 1 is 1.21 bits per heavy atom. The van der Waals surface area contributed by atoms with E-state index in [1.54, 1.807) is 0 Å². The molecular formula is C11H26N2O. The second-order valence-corrected chi connectivity index (χ2v) is 4.00. The molecule has 0 fully saturated rings. The Morgan fingerprint density at radius 3 is 2.21 bits per heavy atom. The summed E-state index contributed by atoms with van der Waals surface area (Å²) in [5, 5.41) is 13.3. The van der Waals surface area contributed by atoms with Crippen LogP contribution in [-0.4, -0.2) is 48.8 Å². The molecule has 3 nitrogen and oxygen atoms in total. The molecular weight excluding hydrogens is 176 g/mol. The molecule has 0 amide bonds. The maximum atomic E-state index is 9.98. The SMILES string of the molecule is CCN(C)CCNCC(O)(CC)CC. The van der Waals surface area contributed by atoms with E-state index in [4.69, 9.17) is 0 Å². The Hall–Kier alpha value is -0.120. The van der Waals surface area contributed by atoms with Gasteiger partial charge in [-0.1, -0.05) is 20.8 Å². The van der Waals surface area contributed by atoms with Crippen LogP contribution in [0.15, 0.2) is 0 Å². The van der Waals surface area contributed by atoms with Crippen molar-refractivity contribution in [3.05, 3.63) is 0 Å². The van der Waals surface area contributed by atoms with Gasteiger partial charge in [-0.25, -0.2) is 0 Å². The largest absolute Gasteiger partial charge is 0.389 e. The minimum Gasteiger partial charge on any atom is -0.389 e. The molecule has 0 aliphatic rings. The molecule has 0 spiro atoms. The van der Waals surface area contributed by atoms with Gasteiger partial charge in [0, 0.05) is 19.6 Å². The topological polar surface area (TPSA) is 35.5 Å². The summed E-state index contributed by atoms with van der Waals surface area (Å²) in [5.41, 5.74) is -0.509. The van der Waals surface area contributed by atoms with E-state index < -0.39 is 5.60 Å². The van der Waals surface area contributed by atoms with E-state index in [-0.39, 0.29) is 0 Å². The van der Waals surface area contributed by atoms with Gasteiger partial charge in [0.1, 0.15) is 0 Å². The minimum atomic E-state index is -0.509. The van der Waals surface area contributed by atoms with E-state index in [9.17, 15) is 5.11 Å². The second kappa shape index (κ2) is 7.21. The number of nitrogens with one attached hydrogen (secondary N) is 1. The highest BCUT2D eigenvalue weighted by atomic mass is 16.3. The van der Waals surface area contributed by atoms with Gasteiger partial charge in [-0.2, -0.15) is 0 Å². The summed E-state index contributed by atoms with van der Waals surface area (Å²) in [5.74, 6) is 0. The highest BCUT2D eigenvalue weighted by Gasteiger charge is 2.20. The molecule has 0 aromatic heterocycles. The standard InChI is InChI=1S/C11H26N2O/c1-5-11(14,6-2)10-12-8-9-13(4)7-3/h12,14H,5-10H2,1-4H3. The van der Waals surface area contributed by atoms with Gasteiger partial charge in [-0.15, -0.1) is 0 Å². The summed E-state index contributed by atoms with van der Waals surface area (Å²) < 4.78 is 0. The van der Waals surface area contributed by atoms with Gasteiger partial charge in [-0.05, 0) is 26.4 Å². The molecule has 86 valence electrons. The first-order chi connectivity index (χ1) is 6.58. The van der Waals surface area contributed by atoms with Crippen LogP contribution in [0.1, 0.15) is 33.6 Å². The number of nitrogens with zero attached hydrogens (tertiary/aromatic N) is 1. The summed E-state index contributed by atoms with van der Waals surface area (Å²) in [4.78, 5) is 2.25. The first-order valence-corrected chi connectivity index (χ1v) is 5.69. The smallest absolute Gasteiger partial charge is 0.0766 e. The van der Waals surface area contributed by atoms with Crippen molar-refractivity contribution in [2.24, 2.45) is 0 Å². The predicted molar refractivity (Wildman–Crippen MR) is 61.6 cm³/mol. The molecule has 0 radical (unpaired) electrons. The highest BCUT2D eigenvalue weighted by Crippen LogP contribution is 2.12. The van der Waals surface area contributed by atoms with E-state index in [1.165, 1.54) is 0 Å². The molecule has 0 aromatic carbocycles. The molecule has 3 heteroatoms. The van der Waals surface area contributed by atoms with Crippen LogP contribution in [0.4, 0.5) is 0 Å². The first kappa shape index (κ1) is 13.9. The van der Waals surface area contributed by atoms with Gasteiger partial charge in [0.05, 0.1) is 5.60 Å². The normalized spacial score (nSPS) is 12.4. The van der Waals surface area contributed by atoms with Crippen LogP contribution in [0.3, 0.4) is 0 Å². The van der Waals surface area contributed by atoms with Crippen LogP contribution in [-0.2, 0) is 0 Å². The number of hydrogen-bond acceptors (Lipinski definition) is 3. The lowest BCUT2D eigenvalue weighted by molar-refractivity contribution is 0.0323. The molecule has 2 N–H and O–H groups in total. The van der Waals surface area contributed by atoms with Gasteiger partial charge >= 0.3 is 0 Å². The van der Waals surface area contributed by atoms with Gasteiger partial charge < -0.3 is 15.3 Å². The molecule has 0 aromatic rings. The molecule has 14 heavy (non-hydrogen) atoms. The van der Waals surface area contributed by atoms with Gasteiger partial charge in [0.2, 0.25) is 0 Å². The maximum Gasteiger partial charge on any atom is 0.0766 e. The van der Waals surface area contributed by atoms with Gasteiger partial charge in [-0.3, -0.25) is 0 Å². The summed E-state index contributed by atoms with van der Waals surface area (Å²) >= 11 is 0. The van der Waals surface area contributed by atoms with Crippen molar-refractivity contribution in [1.29, 1.82) is 0 Å². The average Bonchev–Trinajstić information content (AvgIpc) is 2.23. The third-order valence-corrected chi connectivity index (χ3v) is 2.98. The molecule has 0 unspecified atom stereocenters. The Balaban J connectivity index is 3.52. The fraction of sp³-hybridized carbons (Fsp3) is 1.00. The highest BCUT2D eigenvalue weighted by molar-refractivity contribution is 4.77. The number of hydrogen-bond donors (Lipinski definition) is 2. The minimum absolute atomic E-state index is 0.509. The Labute approximate surface area is 88.5 Å². The van der Waals surface area contributed by atoms with Crippen molar-refractivity contribution in [3.8, 4) is 0 Å². The molecule has 0 aliphatic carbocycles. The predicted octanol–water partition coefficient (Wildman–Crippen LogP) is 1.08. The number of likely N-dealkylation sites (N-methyl/N-ethyl adjacent to an activating group) is 1. The van der Waals surface area contributed by atoms with Crippen LogP contribution < -0.4 is 5.32 Å². The van der Waals surface area contributed by atoms with Crippen LogP contribution in [0.2, 0.25) is 0 Å². The summed E-state index contributed by atoms with van der Waals surface area (Å²) in [7, 11) is 2.10. The Morgan fingerprint density at radius 2 is 1.79 bits per heavy atom. The van der Waals surface area contributed by atoms with Crippen molar-refractivity contribution in [2.75, 3.05) is 33.2 Å². The average molecular weight is 202 g/mol. The van der Waals surface area contributed by atoms with Crippen LogP contribution in [0, 0.1) is 0 Å². The van der Waals surface area contributed by atoms with E-state index in [0.717, 1.165) is 32.5 Å². The van der Waals surface area contributed by atoms with E-state index in [0.29, 0.717) is 6.54 Å². The van der Waals surface area contributed by atoms with Crippen molar-refractivity contribution < 1.29 is 5.11 Å². The van der Waals surface area contributed by atoms with Crippen LogP contribution in [0.5, 0.6) is 0 Å². The fourth-order valence-electron chi connectivity index (χ4n) is 1.25. The van der Waals surface area contributed by atoms with Crippen molar-refractivity contribution >= 4 is 0 Å². The lowest BCUT2D eigenvalue weighted by Gasteiger charge is -2.26. The number of rotatable bonds is 8. The second-order valence-electron chi connectivity index (χ2n) is 4.00. The zero-order chi connectivity index (χ0) is 11.0. The lowest BCUT2D eigenvalue weighted by Crippen LogP contribution is -2.41. The zero-order valence-corrected chi connectivity index (χ0v) is 10.1. The Bertz CT molecular complexity index is 135.